The third kappa shape index (κ3) is 18.0. The largest absolute Gasteiger partial charge is 1.00 e. The second-order valence-corrected chi connectivity index (χ2v) is 11.7. The molecule has 206 valence electrons. The van der Waals surface area contributed by atoms with Gasteiger partial charge in [-0.15, -0.1) is 0 Å². The van der Waals surface area contributed by atoms with E-state index in [4.69, 9.17) is 39.2 Å². The summed E-state index contributed by atoms with van der Waals surface area (Å²) in [6.07, 6.45) is -3.58. The molecule has 1 aliphatic rings. The average Bonchev–Trinajstić information content (AvgIpc) is 2.85. The van der Waals surface area contributed by atoms with Gasteiger partial charge in [0.05, 0.1) is 6.61 Å². The molecule has 29 heteroatoms. The van der Waals surface area contributed by atoms with E-state index in [0.717, 1.165) is 16.8 Å². The first-order chi connectivity index (χ1) is 15.2. The fourth-order valence-corrected chi connectivity index (χ4v) is 6.14. The fraction of sp³-hybridized carbons (Fsp3) is 0.556. The van der Waals surface area contributed by atoms with Crippen LogP contribution in [0, 0.1) is 0 Å². The van der Waals surface area contributed by atoms with Gasteiger partial charge in [-0.25, -0.2) is 23.1 Å². The minimum absolute atomic E-state index is 0. The van der Waals surface area contributed by atoms with Gasteiger partial charge in [0, 0.05) is 12.3 Å². The summed E-state index contributed by atoms with van der Waals surface area (Å²) in [6.45, 7) is -0.479. The van der Waals surface area contributed by atoms with Crippen LogP contribution in [0.5, 0.6) is 0 Å². The summed E-state index contributed by atoms with van der Waals surface area (Å²) in [5.41, 5.74) is -1.33. The van der Waals surface area contributed by atoms with Crippen molar-refractivity contribution in [3.63, 3.8) is 0 Å². The number of aliphatic hydroxyl groups excluding tert-OH is 3. The summed E-state index contributed by atoms with van der Waals surface area (Å²) in [4.78, 5) is 73.8. The molecule has 21 nitrogen and oxygen atoms in total. The summed E-state index contributed by atoms with van der Waals surface area (Å²) in [6, 6.07) is 1.09. The van der Waals surface area contributed by atoms with Gasteiger partial charge < -0.3 is 55.1 Å². The van der Waals surface area contributed by atoms with E-state index in [2.05, 4.69) is 12.9 Å². The van der Waals surface area contributed by atoms with E-state index in [0.29, 0.717) is 0 Å². The van der Waals surface area contributed by atoms with Gasteiger partial charge >= 0.3 is 155 Å². The molecule has 0 saturated carbocycles. The van der Waals surface area contributed by atoms with Gasteiger partial charge in [0.2, 0.25) is 0 Å². The third-order valence-electron chi connectivity index (χ3n) is 3.27. The Morgan fingerprint density at radius 1 is 0.842 bits per heavy atom. The SMILES string of the molecule is O=P(O)(O)OP(=O)(O)OP(=O)(O)OP(=O)(O)O.O=c1ccn([C@@H]2O[C@H](CO)[C@@H](O)[C@H]2O)c(=O)[nH]1.[H-].[H-].[H-].[H-].[Na+].[Na+].[Na+].[Na+]. The second-order valence-electron chi connectivity index (χ2n) is 5.91. The van der Waals surface area contributed by atoms with Gasteiger partial charge in [-0.3, -0.25) is 14.3 Å². The molecule has 1 aliphatic heterocycles. The Kier molecular flexibility index (Phi) is 24.6. The molecule has 0 aliphatic carbocycles. The molecule has 2 unspecified atom stereocenters. The molecule has 2 rings (SSSR count). The Morgan fingerprint density at radius 2 is 1.26 bits per heavy atom. The van der Waals surface area contributed by atoms with Crippen molar-refractivity contribution >= 4 is 31.3 Å². The molecular formula is C9H22N2Na4O19P4. The Morgan fingerprint density at radius 3 is 1.58 bits per heavy atom. The predicted octanol–water partition coefficient (Wildman–Crippen LogP) is -15.0. The Labute approximate surface area is 306 Å². The first-order valence-corrected chi connectivity index (χ1v) is 14.1. The van der Waals surface area contributed by atoms with Crippen molar-refractivity contribution < 1.29 is 205 Å². The minimum atomic E-state index is -5.77. The van der Waals surface area contributed by atoms with Gasteiger partial charge in [-0.05, 0) is 0 Å². The van der Waals surface area contributed by atoms with E-state index in [-0.39, 0.29) is 124 Å². The number of ether oxygens (including phenoxy) is 1. The van der Waals surface area contributed by atoms with E-state index >= 15 is 0 Å². The number of aliphatic hydroxyl groups is 3. The Balaban J connectivity index is -0.0000000771. The molecule has 1 aromatic rings. The number of phosphoric acid groups is 4. The van der Waals surface area contributed by atoms with Crippen molar-refractivity contribution in [2.75, 3.05) is 6.61 Å². The van der Waals surface area contributed by atoms with Crippen LogP contribution in [0.4, 0.5) is 0 Å². The van der Waals surface area contributed by atoms with E-state index in [1.165, 1.54) is 0 Å². The summed E-state index contributed by atoms with van der Waals surface area (Å²) in [7, 11) is -22.6. The average molecular weight is 678 g/mol. The second kappa shape index (κ2) is 19.5. The summed E-state index contributed by atoms with van der Waals surface area (Å²) in [5.74, 6) is 0. The third-order valence-corrected chi connectivity index (χ3v) is 8.27. The fourth-order valence-electron chi connectivity index (χ4n) is 2.17. The van der Waals surface area contributed by atoms with Crippen LogP contribution in [0.3, 0.4) is 0 Å². The van der Waals surface area contributed by atoms with Crippen molar-refractivity contribution in [1.82, 2.24) is 9.55 Å². The van der Waals surface area contributed by atoms with Crippen molar-refractivity contribution in [2.45, 2.75) is 24.5 Å². The minimum Gasteiger partial charge on any atom is -1.00 e. The van der Waals surface area contributed by atoms with E-state index in [1.807, 2.05) is 4.98 Å². The normalized spacial score (nSPS) is 23.9. The van der Waals surface area contributed by atoms with Crippen LogP contribution < -0.4 is 129 Å². The predicted molar refractivity (Wildman–Crippen MR) is 106 cm³/mol. The zero-order valence-electron chi connectivity index (χ0n) is 24.0. The van der Waals surface area contributed by atoms with Crippen LogP contribution in [0.15, 0.2) is 21.9 Å². The standard InChI is InChI=1S/C9H12N2O6.4Na.H6O13P4.4H/c12-3-4-6(14)7(15)8(17-4)11-2-1-5(13)10-9(11)16;;;;;1-14(2,3)11-16(7,8)13-17(9,10)12-15(4,5)6;;;;/h1-2,4,6-8,12,14-15H,3H2,(H,10,13,16);;;;;(H,7,8)(H,9,10)(H2,1,2,3)(H2,4,5,6);;;;/q;4*+1;;4*-1/t4-,6-,7-,8-;;;;;;;;;/m1........./s1. The molecule has 0 amide bonds. The topological polar surface area (TPSA) is 342 Å². The van der Waals surface area contributed by atoms with E-state index in [9.17, 15) is 38.1 Å². The van der Waals surface area contributed by atoms with Crippen LogP contribution in [0.1, 0.15) is 11.9 Å². The molecule has 38 heavy (non-hydrogen) atoms. The zero-order chi connectivity index (χ0) is 26.7. The van der Waals surface area contributed by atoms with Gasteiger partial charge in [0.1, 0.15) is 18.3 Å². The number of nitrogens with zero attached hydrogens (tertiary/aromatic N) is 1. The van der Waals surface area contributed by atoms with Gasteiger partial charge in [0.25, 0.3) is 5.56 Å². The monoisotopic (exact) mass is 678 g/mol. The van der Waals surface area contributed by atoms with Crippen LogP contribution in [0.25, 0.3) is 0 Å². The number of hydrogen-bond acceptors (Lipinski definition) is 13. The molecular weight excluding hydrogens is 656 g/mol. The number of rotatable bonds is 8. The van der Waals surface area contributed by atoms with Crippen LogP contribution >= 0.6 is 31.3 Å². The number of aromatic amines is 1. The van der Waals surface area contributed by atoms with Gasteiger partial charge in [-0.2, -0.15) is 12.9 Å². The smallest absolute Gasteiger partial charge is 1.00 e. The Hall–Kier alpha value is 3.08. The van der Waals surface area contributed by atoms with Crippen LogP contribution in [-0.2, 0) is 35.9 Å². The first kappa shape index (κ1) is 48.0. The molecule has 0 bridgehead atoms. The zero-order valence-corrected chi connectivity index (χ0v) is 31.6. The van der Waals surface area contributed by atoms with Crippen molar-refractivity contribution in [1.29, 1.82) is 0 Å². The van der Waals surface area contributed by atoms with Gasteiger partial charge in [0.15, 0.2) is 6.23 Å². The number of H-pyrrole nitrogens is 1. The Bertz CT molecular complexity index is 1140. The van der Waals surface area contributed by atoms with Gasteiger partial charge in [-0.1, -0.05) is 0 Å². The molecule has 2 heterocycles. The number of aromatic nitrogens is 2. The molecule has 6 atom stereocenters. The molecule has 10 N–H and O–H groups in total. The van der Waals surface area contributed by atoms with Crippen LogP contribution in [-0.4, -0.2) is 79.1 Å². The molecule has 0 radical (unpaired) electrons. The quantitative estimate of drug-likeness (QED) is 0.0901. The summed E-state index contributed by atoms with van der Waals surface area (Å²) < 4.78 is 57.0. The molecule has 0 aromatic carbocycles. The first-order valence-electron chi connectivity index (χ1n) is 8.01. The summed E-state index contributed by atoms with van der Waals surface area (Å²) >= 11 is 0. The maximum atomic E-state index is 11.4. The summed E-state index contributed by atoms with van der Waals surface area (Å²) in [5, 5.41) is 28.1. The van der Waals surface area contributed by atoms with Crippen molar-refractivity contribution in [2.24, 2.45) is 0 Å². The van der Waals surface area contributed by atoms with E-state index in [1.54, 1.807) is 0 Å². The number of nitrogens with one attached hydrogen (secondary N) is 1. The maximum absolute atomic E-state index is 11.4. The van der Waals surface area contributed by atoms with Crippen molar-refractivity contribution in [3.8, 4) is 0 Å². The molecule has 0 spiro atoms. The van der Waals surface area contributed by atoms with Crippen molar-refractivity contribution in [3.05, 3.63) is 33.1 Å². The maximum Gasteiger partial charge on any atom is 1.00 e. The molecule has 1 saturated heterocycles. The van der Waals surface area contributed by atoms with Crippen LogP contribution in [0.2, 0.25) is 0 Å². The number of hydrogen-bond donors (Lipinski definition) is 10. The van der Waals surface area contributed by atoms with E-state index < -0.39 is 73.7 Å². The molecule has 1 fully saturated rings. The molecule has 1 aromatic heterocycles.